The molecule has 1 amide bonds. The zero-order chi connectivity index (χ0) is 15.9. The summed E-state index contributed by atoms with van der Waals surface area (Å²) in [5.74, 6) is -0.316. The van der Waals surface area contributed by atoms with Gasteiger partial charge >= 0.3 is 0 Å². The number of carbonyl (C=O) groups excluding carboxylic acids is 1. The van der Waals surface area contributed by atoms with Crippen LogP contribution in [0.4, 0.5) is 5.69 Å². The lowest BCUT2D eigenvalue weighted by atomic mass is 10.1. The Balaban J connectivity index is 2.73. The minimum atomic E-state index is -3.09. The molecule has 0 spiro atoms. The molecule has 118 valence electrons. The standard InChI is InChI=1S/C14H23N3O3S/c1-2-8-21(19,20)9-7-17(11-14(16)18)10-12-5-3-4-6-13(12)15/h3-6H,2,7-11,15H2,1H3,(H2,16,18). The molecule has 0 atom stereocenters. The molecule has 6 nitrogen and oxygen atoms in total. The van der Waals surface area contributed by atoms with E-state index in [0.717, 1.165) is 5.56 Å². The lowest BCUT2D eigenvalue weighted by Gasteiger charge is -2.21. The molecule has 1 aromatic carbocycles. The first-order chi connectivity index (χ1) is 9.84. The molecule has 0 bridgehead atoms. The Bertz CT molecular complexity index is 573. The number of para-hydroxylation sites is 1. The van der Waals surface area contributed by atoms with Crippen LogP contribution >= 0.6 is 0 Å². The summed E-state index contributed by atoms with van der Waals surface area (Å²) >= 11 is 0. The molecule has 0 radical (unpaired) electrons. The molecule has 1 aromatic rings. The maximum Gasteiger partial charge on any atom is 0.231 e. The highest BCUT2D eigenvalue weighted by Gasteiger charge is 2.15. The fraction of sp³-hybridized carbons (Fsp3) is 0.500. The highest BCUT2D eigenvalue weighted by Crippen LogP contribution is 2.13. The molecule has 0 saturated heterocycles. The number of sulfone groups is 1. The quantitative estimate of drug-likeness (QED) is 0.641. The Morgan fingerprint density at radius 3 is 2.48 bits per heavy atom. The van der Waals surface area contributed by atoms with Crippen LogP contribution in [0.15, 0.2) is 24.3 Å². The highest BCUT2D eigenvalue weighted by molar-refractivity contribution is 7.91. The largest absolute Gasteiger partial charge is 0.398 e. The van der Waals surface area contributed by atoms with Crippen molar-refractivity contribution in [3.8, 4) is 0 Å². The minimum Gasteiger partial charge on any atom is -0.398 e. The Morgan fingerprint density at radius 2 is 1.90 bits per heavy atom. The van der Waals surface area contributed by atoms with E-state index in [1.807, 2.05) is 25.1 Å². The molecule has 21 heavy (non-hydrogen) atoms. The average molecular weight is 313 g/mol. The molecule has 0 saturated carbocycles. The predicted octanol–water partition coefficient (Wildman–Crippen LogP) is 0.381. The van der Waals surface area contributed by atoms with Crippen LogP contribution in [0.5, 0.6) is 0 Å². The summed E-state index contributed by atoms with van der Waals surface area (Å²) in [6.45, 7) is 2.50. The van der Waals surface area contributed by atoms with E-state index in [2.05, 4.69) is 0 Å². The number of rotatable bonds is 9. The van der Waals surface area contributed by atoms with Crippen LogP contribution in [0, 0.1) is 0 Å². The lowest BCUT2D eigenvalue weighted by Crippen LogP contribution is -2.37. The topological polar surface area (TPSA) is 106 Å². The first-order valence-electron chi connectivity index (χ1n) is 6.88. The van der Waals surface area contributed by atoms with Crippen LogP contribution in [-0.4, -0.2) is 43.8 Å². The highest BCUT2D eigenvalue weighted by atomic mass is 32.2. The van der Waals surface area contributed by atoms with Gasteiger partial charge in [-0.1, -0.05) is 25.1 Å². The van der Waals surface area contributed by atoms with Crippen LogP contribution in [-0.2, 0) is 21.2 Å². The van der Waals surface area contributed by atoms with Gasteiger partial charge in [0.25, 0.3) is 0 Å². The number of carbonyl (C=O) groups is 1. The van der Waals surface area contributed by atoms with Crippen LogP contribution in [0.3, 0.4) is 0 Å². The van der Waals surface area contributed by atoms with Crippen molar-refractivity contribution in [2.75, 3.05) is 30.3 Å². The maximum atomic E-state index is 11.8. The van der Waals surface area contributed by atoms with E-state index in [4.69, 9.17) is 11.5 Å². The summed E-state index contributed by atoms with van der Waals surface area (Å²) in [4.78, 5) is 12.8. The second kappa shape index (κ2) is 7.99. The normalized spacial score (nSPS) is 11.7. The van der Waals surface area contributed by atoms with Gasteiger partial charge in [-0.15, -0.1) is 0 Å². The van der Waals surface area contributed by atoms with Crippen molar-refractivity contribution < 1.29 is 13.2 Å². The smallest absolute Gasteiger partial charge is 0.231 e. The molecule has 0 fully saturated rings. The monoisotopic (exact) mass is 313 g/mol. The van der Waals surface area contributed by atoms with Gasteiger partial charge in [-0.05, 0) is 18.1 Å². The second-order valence-electron chi connectivity index (χ2n) is 5.03. The summed E-state index contributed by atoms with van der Waals surface area (Å²) < 4.78 is 23.5. The third kappa shape index (κ3) is 6.59. The van der Waals surface area contributed by atoms with Gasteiger partial charge in [0.15, 0.2) is 9.84 Å². The zero-order valence-corrected chi connectivity index (χ0v) is 13.1. The van der Waals surface area contributed by atoms with Gasteiger partial charge < -0.3 is 11.5 Å². The van der Waals surface area contributed by atoms with E-state index in [0.29, 0.717) is 18.7 Å². The number of benzene rings is 1. The molecule has 4 N–H and O–H groups in total. The molecule has 0 aliphatic heterocycles. The number of nitrogens with two attached hydrogens (primary N) is 2. The van der Waals surface area contributed by atoms with Crippen molar-refractivity contribution in [3.63, 3.8) is 0 Å². The third-order valence-electron chi connectivity index (χ3n) is 3.06. The Labute approximate surface area is 126 Å². The minimum absolute atomic E-state index is 0.00990. The molecule has 1 rings (SSSR count). The number of primary amides is 1. The first kappa shape index (κ1) is 17.5. The maximum absolute atomic E-state index is 11.8. The summed E-state index contributed by atoms with van der Waals surface area (Å²) in [5.41, 5.74) is 12.6. The fourth-order valence-electron chi connectivity index (χ4n) is 2.03. The molecule has 0 aliphatic rings. The number of nitrogen functional groups attached to an aromatic ring is 1. The fourth-order valence-corrected chi connectivity index (χ4v) is 3.40. The van der Waals surface area contributed by atoms with Crippen molar-refractivity contribution in [1.29, 1.82) is 0 Å². The van der Waals surface area contributed by atoms with E-state index < -0.39 is 15.7 Å². The van der Waals surface area contributed by atoms with Gasteiger partial charge in [-0.3, -0.25) is 9.69 Å². The zero-order valence-electron chi connectivity index (χ0n) is 12.3. The van der Waals surface area contributed by atoms with E-state index in [-0.39, 0.29) is 24.6 Å². The third-order valence-corrected chi connectivity index (χ3v) is 4.90. The number of anilines is 1. The average Bonchev–Trinajstić information content (AvgIpc) is 2.38. The van der Waals surface area contributed by atoms with Crippen molar-refractivity contribution in [2.45, 2.75) is 19.9 Å². The second-order valence-corrected chi connectivity index (χ2v) is 7.33. The van der Waals surface area contributed by atoms with Crippen molar-refractivity contribution in [1.82, 2.24) is 4.90 Å². The van der Waals surface area contributed by atoms with Crippen LogP contribution in [0.1, 0.15) is 18.9 Å². The van der Waals surface area contributed by atoms with Gasteiger partial charge in [-0.2, -0.15) is 0 Å². The number of amides is 1. The van der Waals surface area contributed by atoms with Crippen molar-refractivity contribution in [3.05, 3.63) is 29.8 Å². The first-order valence-corrected chi connectivity index (χ1v) is 8.70. The Kier molecular flexibility index (Phi) is 6.64. The summed E-state index contributed by atoms with van der Waals surface area (Å²) in [6.07, 6.45) is 0.587. The van der Waals surface area contributed by atoms with E-state index in [1.165, 1.54) is 0 Å². The molecule has 7 heteroatoms. The summed E-state index contributed by atoms with van der Waals surface area (Å²) in [6, 6.07) is 7.29. The predicted molar refractivity (Wildman–Crippen MR) is 84.3 cm³/mol. The SMILES string of the molecule is CCCS(=O)(=O)CCN(CC(N)=O)Cc1ccccc1N. The molecule has 0 aromatic heterocycles. The van der Waals surface area contributed by atoms with Crippen molar-refractivity contribution in [2.24, 2.45) is 5.73 Å². The molecular weight excluding hydrogens is 290 g/mol. The van der Waals surface area contributed by atoms with E-state index >= 15 is 0 Å². The number of hydrogen-bond donors (Lipinski definition) is 2. The lowest BCUT2D eigenvalue weighted by molar-refractivity contribution is -0.119. The molecule has 0 unspecified atom stereocenters. The summed E-state index contributed by atoms with van der Waals surface area (Å²) in [5, 5.41) is 0. The van der Waals surface area contributed by atoms with E-state index in [9.17, 15) is 13.2 Å². The van der Waals surface area contributed by atoms with Gasteiger partial charge in [0.2, 0.25) is 5.91 Å². The van der Waals surface area contributed by atoms with Gasteiger partial charge in [0, 0.05) is 24.5 Å². The van der Waals surface area contributed by atoms with E-state index in [1.54, 1.807) is 11.0 Å². The van der Waals surface area contributed by atoms with Crippen LogP contribution < -0.4 is 11.5 Å². The number of nitrogens with zero attached hydrogens (tertiary/aromatic N) is 1. The Morgan fingerprint density at radius 1 is 1.24 bits per heavy atom. The molecule has 0 aliphatic carbocycles. The Hall–Kier alpha value is -1.60. The van der Waals surface area contributed by atoms with Gasteiger partial charge in [0.05, 0.1) is 12.3 Å². The molecular formula is C14H23N3O3S. The number of hydrogen-bond acceptors (Lipinski definition) is 5. The van der Waals surface area contributed by atoms with Gasteiger partial charge in [-0.25, -0.2) is 8.42 Å². The van der Waals surface area contributed by atoms with Crippen LogP contribution in [0.25, 0.3) is 0 Å². The van der Waals surface area contributed by atoms with Crippen LogP contribution in [0.2, 0.25) is 0 Å². The van der Waals surface area contributed by atoms with Crippen molar-refractivity contribution >= 4 is 21.4 Å². The van der Waals surface area contributed by atoms with Gasteiger partial charge in [0.1, 0.15) is 0 Å². The molecule has 0 heterocycles. The summed E-state index contributed by atoms with van der Waals surface area (Å²) in [7, 11) is -3.09.